The number of hydroxylamine groups is 1. The highest BCUT2D eigenvalue weighted by molar-refractivity contribution is 7.81. The van der Waals surface area contributed by atoms with Gasteiger partial charge < -0.3 is 9.88 Å². The molecule has 5 rings (SSSR count). The van der Waals surface area contributed by atoms with E-state index in [1.165, 1.54) is 21.9 Å². The van der Waals surface area contributed by atoms with Crippen molar-refractivity contribution in [2.45, 2.75) is 57.2 Å². The quantitative estimate of drug-likeness (QED) is 0.0899. The number of rotatable bonds is 10. The van der Waals surface area contributed by atoms with E-state index < -0.39 is 11.2 Å². The fraction of sp³-hybridized carbons (Fsp3) is 0.394. The number of fused-ring (bicyclic) bond motifs is 1. The van der Waals surface area contributed by atoms with Gasteiger partial charge in [0.1, 0.15) is 0 Å². The minimum absolute atomic E-state index is 0.109. The second-order valence-electron chi connectivity index (χ2n) is 11.6. The summed E-state index contributed by atoms with van der Waals surface area (Å²) in [4.78, 5) is 56.7. The number of H-pyrrole nitrogens is 1. The summed E-state index contributed by atoms with van der Waals surface area (Å²) < 4.78 is 0. The van der Waals surface area contributed by atoms with E-state index in [2.05, 4.69) is 36.7 Å². The fourth-order valence-corrected chi connectivity index (χ4v) is 6.60. The third kappa shape index (κ3) is 7.19. The Morgan fingerprint density at radius 1 is 1.09 bits per heavy atom. The van der Waals surface area contributed by atoms with Gasteiger partial charge in [0.2, 0.25) is 17.7 Å². The average Bonchev–Trinajstić information content (AvgIpc) is 3.47. The van der Waals surface area contributed by atoms with Gasteiger partial charge in [0.25, 0.3) is 5.91 Å². The molecule has 1 saturated heterocycles. The van der Waals surface area contributed by atoms with Gasteiger partial charge in [-0.1, -0.05) is 42.5 Å². The molecule has 2 aliphatic rings. The number of imide groups is 1. The van der Waals surface area contributed by atoms with E-state index in [-0.39, 0.29) is 36.0 Å². The number of benzene rings is 2. The van der Waals surface area contributed by atoms with E-state index in [1.54, 1.807) is 11.6 Å². The minimum Gasteiger partial charge on any atom is -0.358 e. The largest absolute Gasteiger partial charge is 0.358 e. The number of para-hydroxylation sites is 1. The minimum atomic E-state index is -0.604. The van der Waals surface area contributed by atoms with Gasteiger partial charge in [0.05, 0.1) is 5.25 Å². The van der Waals surface area contributed by atoms with Crippen LogP contribution in [-0.4, -0.2) is 62.0 Å². The highest BCUT2D eigenvalue weighted by Crippen LogP contribution is 2.33. The summed E-state index contributed by atoms with van der Waals surface area (Å²) in [5, 5.41) is 9.33. The van der Waals surface area contributed by atoms with Gasteiger partial charge in [-0.15, -0.1) is 0 Å². The van der Waals surface area contributed by atoms with E-state index in [9.17, 15) is 19.2 Å². The van der Waals surface area contributed by atoms with E-state index >= 15 is 0 Å². The number of nitrogens with zero attached hydrogens (tertiary/aromatic N) is 2. The lowest BCUT2D eigenvalue weighted by molar-refractivity contribution is -0.141. The second-order valence-corrected chi connectivity index (χ2v) is 12.2. The molecule has 1 unspecified atom stereocenters. The molecule has 0 radical (unpaired) electrons. The highest BCUT2D eigenvalue weighted by atomic mass is 32.1. The molecule has 2 fully saturated rings. The van der Waals surface area contributed by atoms with Crippen LogP contribution in [0.15, 0.2) is 54.6 Å². The number of aromatic nitrogens is 1. The van der Waals surface area contributed by atoms with Crippen LogP contribution in [0.1, 0.15) is 54.5 Å². The molecule has 2 heterocycles. The molecule has 1 saturated carbocycles. The Morgan fingerprint density at radius 2 is 1.81 bits per heavy atom. The predicted molar refractivity (Wildman–Crippen MR) is 167 cm³/mol. The second kappa shape index (κ2) is 13.6. The van der Waals surface area contributed by atoms with Gasteiger partial charge in [0, 0.05) is 54.6 Å². The standard InChI is InChI=1S/C33H38N4O5S/c1-21-26(27-4-2-3-5-28(27)34-21)16-17-36(19-23-8-6-22(7-9-23)12-15-30(38)35-42)32(40)25-13-10-24(11-14-25)20-37-31(39)18-29(43)33(37)41/h2-9,12,15,24-25,29,34,42-43H,10-11,13-14,16-20H2,1H3,(H,35,38)/b15-12+. The third-order valence-electron chi connectivity index (χ3n) is 8.72. The first kappa shape index (κ1) is 30.6. The molecule has 1 aliphatic heterocycles. The van der Waals surface area contributed by atoms with E-state index in [1.807, 2.05) is 41.3 Å². The summed E-state index contributed by atoms with van der Waals surface area (Å²) in [7, 11) is 0. The van der Waals surface area contributed by atoms with Crippen molar-refractivity contribution >= 4 is 53.2 Å². The summed E-state index contributed by atoms with van der Waals surface area (Å²) in [5.41, 5.74) is 6.76. The molecule has 2 aromatic carbocycles. The summed E-state index contributed by atoms with van der Waals surface area (Å²) in [6.45, 7) is 3.51. The molecule has 0 spiro atoms. The smallest absolute Gasteiger partial charge is 0.267 e. The molecular formula is C33H38N4O5S. The zero-order valence-corrected chi connectivity index (χ0v) is 25.2. The molecule has 43 heavy (non-hydrogen) atoms. The molecule has 4 amide bonds. The topological polar surface area (TPSA) is 123 Å². The van der Waals surface area contributed by atoms with Crippen LogP contribution >= 0.6 is 12.6 Å². The number of carbonyl (C=O) groups is 4. The van der Waals surface area contributed by atoms with Crippen molar-refractivity contribution in [3.05, 3.63) is 77.0 Å². The van der Waals surface area contributed by atoms with E-state index in [0.29, 0.717) is 19.6 Å². The van der Waals surface area contributed by atoms with Crippen molar-refractivity contribution in [1.29, 1.82) is 0 Å². The lowest BCUT2D eigenvalue weighted by Crippen LogP contribution is -2.40. The Labute approximate surface area is 256 Å². The maximum absolute atomic E-state index is 14.0. The number of likely N-dealkylation sites (tertiary alicyclic amines) is 1. The molecule has 3 aromatic rings. The Kier molecular flexibility index (Phi) is 9.67. The predicted octanol–water partition coefficient (Wildman–Crippen LogP) is 4.43. The van der Waals surface area contributed by atoms with E-state index in [4.69, 9.17) is 5.21 Å². The number of thiol groups is 1. The maximum atomic E-state index is 14.0. The van der Waals surface area contributed by atoms with Crippen LogP contribution in [0.5, 0.6) is 0 Å². The van der Waals surface area contributed by atoms with Crippen molar-refractivity contribution in [3.8, 4) is 0 Å². The van der Waals surface area contributed by atoms with Gasteiger partial charge in [-0.25, -0.2) is 5.48 Å². The summed E-state index contributed by atoms with van der Waals surface area (Å²) in [6.07, 6.45) is 6.78. The van der Waals surface area contributed by atoms with Crippen molar-refractivity contribution in [2.24, 2.45) is 11.8 Å². The van der Waals surface area contributed by atoms with Crippen molar-refractivity contribution in [3.63, 3.8) is 0 Å². The lowest BCUT2D eigenvalue weighted by atomic mass is 9.81. The van der Waals surface area contributed by atoms with Crippen molar-refractivity contribution in [2.75, 3.05) is 13.1 Å². The Balaban J connectivity index is 1.27. The zero-order chi connectivity index (χ0) is 30.5. The molecule has 9 nitrogen and oxygen atoms in total. The van der Waals surface area contributed by atoms with Crippen LogP contribution < -0.4 is 5.48 Å². The molecular weight excluding hydrogens is 564 g/mol. The van der Waals surface area contributed by atoms with Gasteiger partial charge >= 0.3 is 0 Å². The normalized spacial score (nSPS) is 20.7. The Morgan fingerprint density at radius 3 is 2.49 bits per heavy atom. The highest BCUT2D eigenvalue weighted by Gasteiger charge is 2.38. The van der Waals surface area contributed by atoms with Gasteiger partial charge in [-0.3, -0.25) is 29.3 Å². The Bertz CT molecular complexity index is 1520. The number of amides is 4. The van der Waals surface area contributed by atoms with Crippen LogP contribution in [0.4, 0.5) is 0 Å². The number of hydrogen-bond acceptors (Lipinski definition) is 6. The molecule has 1 aromatic heterocycles. The number of hydrogen-bond donors (Lipinski definition) is 4. The molecule has 3 N–H and O–H groups in total. The monoisotopic (exact) mass is 602 g/mol. The van der Waals surface area contributed by atoms with Gasteiger partial charge in [-0.2, -0.15) is 12.6 Å². The number of carbonyl (C=O) groups excluding carboxylic acids is 4. The number of nitrogens with one attached hydrogen (secondary N) is 2. The first-order valence-corrected chi connectivity index (χ1v) is 15.3. The van der Waals surface area contributed by atoms with Crippen LogP contribution in [0.3, 0.4) is 0 Å². The summed E-state index contributed by atoms with van der Waals surface area (Å²) >= 11 is 4.23. The van der Waals surface area contributed by atoms with Crippen LogP contribution in [0.2, 0.25) is 0 Å². The average molecular weight is 603 g/mol. The first-order valence-electron chi connectivity index (χ1n) is 14.8. The number of aromatic amines is 1. The van der Waals surface area contributed by atoms with Gasteiger partial charge in [0.15, 0.2) is 0 Å². The van der Waals surface area contributed by atoms with Crippen LogP contribution in [0, 0.1) is 18.8 Å². The first-order chi connectivity index (χ1) is 20.7. The van der Waals surface area contributed by atoms with Crippen LogP contribution in [-0.2, 0) is 32.1 Å². The van der Waals surface area contributed by atoms with Crippen LogP contribution in [0.25, 0.3) is 17.0 Å². The lowest BCUT2D eigenvalue weighted by Gasteiger charge is -2.33. The van der Waals surface area contributed by atoms with E-state index in [0.717, 1.165) is 54.4 Å². The van der Waals surface area contributed by atoms with Gasteiger partial charge in [-0.05, 0) is 73.8 Å². The summed E-state index contributed by atoms with van der Waals surface area (Å²) in [5.74, 6) is -0.743. The Hall–Kier alpha value is -3.89. The molecule has 0 bridgehead atoms. The third-order valence-corrected chi connectivity index (χ3v) is 9.12. The zero-order valence-electron chi connectivity index (χ0n) is 24.3. The molecule has 1 atom stereocenters. The number of aryl methyl sites for hydroxylation is 1. The van der Waals surface area contributed by atoms with Crippen molar-refractivity contribution in [1.82, 2.24) is 20.3 Å². The molecule has 226 valence electrons. The fourth-order valence-electron chi connectivity index (χ4n) is 6.30. The van der Waals surface area contributed by atoms with Crippen molar-refractivity contribution < 1.29 is 24.4 Å². The summed E-state index contributed by atoms with van der Waals surface area (Å²) in [6, 6.07) is 15.9. The SMILES string of the molecule is Cc1[nH]c2ccccc2c1CCN(Cc1ccc(/C=C/C(=O)NO)cc1)C(=O)C1CCC(CN2C(=O)CC(S)C2=O)CC1. The molecule has 10 heteroatoms. The maximum Gasteiger partial charge on any atom is 0.267 e. The molecule has 1 aliphatic carbocycles.